The highest BCUT2D eigenvalue weighted by Crippen LogP contribution is 2.37. The van der Waals surface area contributed by atoms with Gasteiger partial charge in [0.15, 0.2) is 0 Å². The Morgan fingerprint density at radius 1 is 0.667 bits per heavy atom. The monoisotopic (exact) mass is 511 g/mol. The van der Waals surface area contributed by atoms with Gasteiger partial charge in [0.25, 0.3) is 0 Å². The van der Waals surface area contributed by atoms with Crippen molar-refractivity contribution in [2.75, 3.05) is 100 Å². The predicted molar refractivity (Wildman–Crippen MR) is 144 cm³/mol. The number of nitrogens with two attached hydrogens (primary N) is 1. The quantitative estimate of drug-likeness (QED) is 0.146. The molecule has 0 aliphatic heterocycles. The molecule has 0 fully saturated rings. The second kappa shape index (κ2) is 18.0. The van der Waals surface area contributed by atoms with Gasteiger partial charge in [-0.2, -0.15) is 0 Å². The van der Waals surface area contributed by atoms with E-state index in [9.17, 15) is 0 Å². The lowest BCUT2D eigenvalue weighted by Gasteiger charge is -2.19. The number of aliphatic hydroxyl groups is 4. The number of benzene rings is 2. The molecule has 36 heavy (non-hydrogen) atoms. The summed E-state index contributed by atoms with van der Waals surface area (Å²) in [5.41, 5.74) is 9.36. The molecule has 0 bridgehead atoms. The maximum atomic E-state index is 8.89. The zero-order chi connectivity index (χ0) is 26.8. The summed E-state index contributed by atoms with van der Waals surface area (Å²) in [6, 6.07) is 7.10. The van der Waals surface area contributed by atoms with Crippen molar-refractivity contribution >= 4 is 28.4 Å². The Bertz CT molecular complexity index is 855. The Morgan fingerprint density at radius 2 is 1.14 bits per heavy atom. The van der Waals surface area contributed by atoms with Gasteiger partial charge >= 0.3 is 0 Å². The Kier molecular flexibility index (Phi) is 15.4. The van der Waals surface area contributed by atoms with Crippen LogP contribution in [0.1, 0.15) is 6.92 Å². The average Bonchev–Trinajstić information content (AvgIpc) is 2.90. The van der Waals surface area contributed by atoms with Crippen LogP contribution in [0.2, 0.25) is 0 Å². The number of methoxy groups -OCH3 is 2. The Hall–Kier alpha value is -3.32. The molecule has 12 heteroatoms. The highest BCUT2D eigenvalue weighted by atomic mass is 16.5. The van der Waals surface area contributed by atoms with E-state index in [2.05, 4.69) is 21.3 Å². The van der Waals surface area contributed by atoms with Crippen LogP contribution in [0.3, 0.4) is 0 Å². The van der Waals surface area contributed by atoms with E-state index in [0.29, 0.717) is 67.1 Å². The standard InChI is InChI=1S/C12H21N3O3.C12H20N2O4/c1-2-18-10-4-3-9(13)11(14-5-7-16)12(10)15-6-8-17;1-17-11-8-12(18-2)10(14-4-6-16)7-9(11)13-3-5-15/h3-4,14-17H,2,5-8,13H2,1H3;7-8,13-16H,3-6H2,1-2H3. The lowest BCUT2D eigenvalue weighted by atomic mass is 10.2. The lowest BCUT2D eigenvalue weighted by Crippen LogP contribution is -2.14. The Morgan fingerprint density at radius 3 is 1.58 bits per heavy atom. The topological polar surface area (TPSA) is 183 Å². The van der Waals surface area contributed by atoms with E-state index in [4.69, 9.17) is 40.4 Å². The van der Waals surface area contributed by atoms with Crippen LogP contribution in [0.15, 0.2) is 24.3 Å². The number of aliphatic hydroxyl groups excluding tert-OH is 4. The molecule has 0 saturated carbocycles. The number of nitrogen functional groups attached to an aromatic ring is 1. The van der Waals surface area contributed by atoms with Crippen molar-refractivity contribution in [2.24, 2.45) is 0 Å². The van der Waals surface area contributed by atoms with Gasteiger partial charge in [-0.05, 0) is 25.1 Å². The van der Waals surface area contributed by atoms with E-state index in [-0.39, 0.29) is 26.4 Å². The maximum Gasteiger partial charge on any atom is 0.145 e. The molecular formula is C24H41N5O7. The summed E-state index contributed by atoms with van der Waals surface area (Å²) >= 11 is 0. The summed E-state index contributed by atoms with van der Waals surface area (Å²) in [6.45, 7) is 4.19. The molecule has 0 heterocycles. The summed E-state index contributed by atoms with van der Waals surface area (Å²) < 4.78 is 16.0. The molecule has 0 aromatic heterocycles. The molecule has 0 saturated heterocycles. The minimum Gasteiger partial charge on any atom is -0.494 e. The molecule has 204 valence electrons. The smallest absolute Gasteiger partial charge is 0.145 e. The molecule has 10 N–H and O–H groups in total. The fourth-order valence-electron chi connectivity index (χ4n) is 3.16. The van der Waals surface area contributed by atoms with E-state index >= 15 is 0 Å². The van der Waals surface area contributed by atoms with Crippen LogP contribution in [-0.2, 0) is 0 Å². The average molecular weight is 512 g/mol. The fourth-order valence-corrected chi connectivity index (χ4v) is 3.16. The molecule has 0 atom stereocenters. The van der Waals surface area contributed by atoms with Crippen molar-refractivity contribution in [2.45, 2.75) is 6.92 Å². The van der Waals surface area contributed by atoms with Gasteiger partial charge in [0.1, 0.15) is 22.9 Å². The lowest BCUT2D eigenvalue weighted by molar-refractivity contribution is 0.309. The molecule has 2 aromatic carbocycles. The molecule has 0 radical (unpaired) electrons. The molecule has 0 amide bonds. The van der Waals surface area contributed by atoms with Gasteiger partial charge in [0.2, 0.25) is 0 Å². The van der Waals surface area contributed by atoms with Gasteiger partial charge in [0, 0.05) is 32.2 Å². The zero-order valence-electron chi connectivity index (χ0n) is 21.3. The third-order valence-corrected chi connectivity index (χ3v) is 4.70. The van der Waals surface area contributed by atoms with E-state index < -0.39 is 0 Å². The third kappa shape index (κ3) is 9.74. The zero-order valence-corrected chi connectivity index (χ0v) is 21.3. The van der Waals surface area contributed by atoms with Gasteiger partial charge in [-0.1, -0.05) is 0 Å². The highest BCUT2D eigenvalue weighted by molar-refractivity contribution is 5.85. The number of nitrogens with one attached hydrogen (secondary N) is 4. The maximum absolute atomic E-state index is 8.89. The van der Waals surface area contributed by atoms with Crippen molar-refractivity contribution in [3.05, 3.63) is 24.3 Å². The van der Waals surface area contributed by atoms with Crippen molar-refractivity contribution in [3.8, 4) is 17.2 Å². The molecule has 2 rings (SSSR count). The second-order valence-electron chi connectivity index (χ2n) is 7.19. The van der Waals surface area contributed by atoms with Crippen molar-refractivity contribution in [1.29, 1.82) is 0 Å². The van der Waals surface area contributed by atoms with Gasteiger partial charge < -0.3 is 61.6 Å². The van der Waals surface area contributed by atoms with E-state index in [1.54, 1.807) is 32.4 Å². The number of hydrogen-bond donors (Lipinski definition) is 9. The van der Waals surface area contributed by atoms with Crippen LogP contribution in [0, 0.1) is 0 Å². The van der Waals surface area contributed by atoms with Crippen LogP contribution in [-0.4, -0.2) is 93.9 Å². The molecule has 0 spiro atoms. The minimum absolute atomic E-state index is 0.0116. The predicted octanol–water partition coefficient (Wildman–Crippen LogP) is 0.988. The molecule has 12 nitrogen and oxygen atoms in total. The first kappa shape index (κ1) is 30.7. The largest absolute Gasteiger partial charge is 0.494 e. The summed E-state index contributed by atoms with van der Waals surface area (Å²) in [7, 11) is 3.14. The number of rotatable bonds is 16. The summed E-state index contributed by atoms with van der Waals surface area (Å²) in [5.74, 6) is 1.94. The van der Waals surface area contributed by atoms with Crippen molar-refractivity contribution in [1.82, 2.24) is 0 Å². The van der Waals surface area contributed by atoms with Crippen LogP contribution in [0.5, 0.6) is 17.2 Å². The van der Waals surface area contributed by atoms with E-state index in [1.165, 1.54) is 0 Å². The van der Waals surface area contributed by atoms with E-state index in [1.807, 2.05) is 13.0 Å². The summed E-state index contributed by atoms with van der Waals surface area (Å²) in [4.78, 5) is 0. The molecule has 0 aliphatic carbocycles. The summed E-state index contributed by atoms with van der Waals surface area (Å²) in [5, 5.41) is 47.6. The number of anilines is 5. The van der Waals surface area contributed by atoms with Gasteiger partial charge in [0.05, 0.1) is 70.0 Å². The van der Waals surface area contributed by atoms with Gasteiger partial charge in [-0.3, -0.25) is 0 Å². The third-order valence-electron chi connectivity index (χ3n) is 4.70. The first-order valence-electron chi connectivity index (χ1n) is 11.7. The summed E-state index contributed by atoms with van der Waals surface area (Å²) in [6.07, 6.45) is 0. The van der Waals surface area contributed by atoms with Crippen LogP contribution >= 0.6 is 0 Å². The number of ether oxygens (including phenoxy) is 3. The Balaban J connectivity index is 0.000000360. The van der Waals surface area contributed by atoms with Crippen molar-refractivity contribution in [3.63, 3.8) is 0 Å². The van der Waals surface area contributed by atoms with Crippen LogP contribution < -0.4 is 41.2 Å². The molecule has 0 unspecified atom stereocenters. The second-order valence-corrected chi connectivity index (χ2v) is 7.19. The SMILES string of the molecule is CCOc1ccc(N)c(NCCO)c1NCCO.COc1cc(OC)c(NCCO)cc1NCCO. The highest BCUT2D eigenvalue weighted by Gasteiger charge is 2.13. The number of hydrogen-bond acceptors (Lipinski definition) is 12. The first-order valence-corrected chi connectivity index (χ1v) is 11.7. The van der Waals surface area contributed by atoms with Crippen molar-refractivity contribution < 1.29 is 34.6 Å². The van der Waals surface area contributed by atoms with Crippen LogP contribution in [0.25, 0.3) is 0 Å². The molecule has 2 aromatic rings. The minimum atomic E-state index is 0.0116. The van der Waals surface area contributed by atoms with Gasteiger partial charge in [-0.15, -0.1) is 0 Å². The molecule has 0 aliphatic rings. The fraction of sp³-hybridized carbons (Fsp3) is 0.500. The Labute approximate surface area is 212 Å². The normalized spacial score (nSPS) is 10.1. The van der Waals surface area contributed by atoms with Crippen LogP contribution in [0.4, 0.5) is 28.4 Å². The first-order chi connectivity index (χ1) is 17.5. The van der Waals surface area contributed by atoms with Gasteiger partial charge in [-0.25, -0.2) is 0 Å². The molecular weight excluding hydrogens is 470 g/mol. The van der Waals surface area contributed by atoms with E-state index in [0.717, 1.165) is 11.4 Å².